The van der Waals surface area contributed by atoms with Crippen LogP contribution in [0.1, 0.15) is 27.7 Å². The van der Waals surface area contributed by atoms with Crippen LogP contribution in [0.25, 0.3) is 0 Å². The van der Waals surface area contributed by atoms with Crippen molar-refractivity contribution in [2.75, 3.05) is 27.2 Å². The third-order valence-corrected chi connectivity index (χ3v) is 2.67. The monoisotopic (exact) mass is 230 g/mol. The lowest BCUT2D eigenvalue weighted by atomic mass is 9.89. The Morgan fingerprint density at radius 3 is 2.25 bits per heavy atom. The van der Waals surface area contributed by atoms with Crippen molar-refractivity contribution in [3.8, 4) is 0 Å². The summed E-state index contributed by atoms with van der Waals surface area (Å²) in [6.45, 7) is 9.47. The summed E-state index contributed by atoms with van der Waals surface area (Å²) in [5, 5.41) is 5.91. The maximum atomic E-state index is 11.7. The zero-order chi connectivity index (χ0) is 12.8. The van der Waals surface area contributed by atoms with E-state index < -0.39 is 0 Å². The first kappa shape index (κ1) is 15.4. The largest absolute Gasteiger partial charge is 0.379 e. The summed E-state index contributed by atoms with van der Waals surface area (Å²) in [4.78, 5) is 11.7. The first-order chi connectivity index (χ1) is 7.32. The van der Waals surface area contributed by atoms with Crippen LogP contribution in [0.2, 0.25) is 0 Å². The molecular weight excluding hydrogens is 204 g/mol. The molecule has 4 nitrogen and oxygen atoms in total. The first-order valence-corrected chi connectivity index (χ1v) is 5.78. The summed E-state index contributed by atoms with van der Waals surface area (Å²) in [6.07, 6.45) is 0.0400. The molecule has 0 aromatic rings. The highest BCUT2D eigenvalue weighted by Crippen LogP contribution is 2.20. The lowest BCUT2D eigenvalue weighted by Gasteiger charge is -2.29. The molecule has 0 aliphatic heterocycles. The summed E-state index contributed by atoms with van der Waals surface area (Å²) in [7, 11) is 3.52. The molecule has 0 aromatic carbocycles. The SMILES string of the molecule is CNCC(C)C(=O)NCC(OC)C(C)(C)C. The Bertz CT molecular complexity index is 212. The fraction of sp³-hybridized carbons (Fsp3) is 0.917. The molecule has 0 aliphatic rings. The molecule has 0 fully saturated rings. The van der Waals surface area contributed by atoms with Crippen molar-refractivity contribution in [2.24, 2.45) is 11.3 Å². The van der Waals surface area contributed by atoms with Crippen molar-refractivity contribution < 1.29 is 9.53 Å². The summed E-state index contributed by atoms with van der Waals surface area (Å²) in [5.41, 5.74) is 0.0360. The van der Waals surface area contributed by atoms with Crippen LogP contribution < -0.4 is 10.6 Å². The minimum absolute atomic E-state index is 0.0116. The van der Waals surface area contributed by atoms with Gasteiger partial charge in [0.25, 0.3) is 0 Å². The van der Waals surface area contributed by atoms with Gasteiger partial charge in [0.1, 0.15) is 0 Å². The van der Waals surface area contributed by atoms with E-state index in [2.05, 4.69) is 31.4 Å². The normalized spacial score (nSPS) is 15.6. The second kappa shape index (κ2) is 6.86. The van der Waals surface area contributed by atoms with Gasteiger partial charge in [0.15, 0.2) is 0 Å². The Balaban J connectivity index is 4.07. The van der Waals surface area contributed by atoms with E-state index in [-0.39, 0.29) is 23.3 Å². The van der Waals surface area contributed by atoms with Crippen molar-refractivity contribution in [1.29, 1.82) is 0 Å². The minimum atomic E-state index is -0.0116. The molecule has 0 heterocycles. The number of nitrogens with one attached hydrogen (secondary N) is 2. The Hall–Kier alpha value is -0.610. The molecule has 0 spiro atoms. The molecule has 96 valence electrons. The number of hydrogen-bond donors (Lipinski definition) is 2. The number of methoxy groups -OCH3 is 1. The molecule has 0 saturated carbocycles. The van der Waals surface area contributed by atoms with E-state index in [9.17, 15) is 4.79 Å². The summed E-state index contributed by atoms with van der Waals surface area (Å²) < 4.78 is 5.37. The van der Waals surface area contributed by atoms with Gasteiger partial charge < -0.3 is 15.4 Å². The Kier molecular flexibility index (Phi) is 6.60. The van der Waals surface area contributed by atoms with Crippen molar-refractivity contribution in [2.45, 2.75) is 33.8 Å². The predicted octanol–water partition coefficient (Wildman–Crippen LogP) is 1.02. The smallest absolute Gasteiger partial charge is 0.224 e. The van der Waals surface area contributed by atoms with E-state index in [0.29, 0.717) is 13.1 Å². The number of rotatable bonds is 6. The Labute approximate surface area is 99.1 Å². The molecule has 2 N–H and O–H groups in total. The third-order valence-electron chi connectivity index (χ3n) is 2.67. The molecule has 0 rings (SSSR count). The van der Waals surface area contributed by atoms with Gasteiger partial charge in [-0.25, -0.2) is 0 Å². The molecule has 2 unspecified atom stereocenters. The van der Waals surface area contributed by atoms with Crippen LogP contribution in [0, 0.1) is 11.3 Å². The van der Waals surface area contributed by atoms with E-state index in [4.69, 9.17) is 4.74 Å². The number of carbonyl (C=O) groups excluding carboxylic acids is 1. The number of ether oxygens (including phenoxy) is 1. The Morgan fingerprint density at radius 1 is 1.31 bits per heavy atom. The molecule has 16 heavy (non-hydrogen) atoms. The second-order valence-electron chi connectivity index (χ2n) is 5.29. The lowest BCUT2D eigenvalue weighted by Crippen LogP contribution is -2.43. The predicted molar refractivity (Wildman–Crippen MR) is 66.4 cm³/mol. The van der Waals surface area contributed by atoms with E-state index in [0.717, 1.165) is 0 Å². The second-order valence-corrected chi connectivity index (χ2v) is 5.29. The summed E-state index contributed by atoms with van der Waals surface area (Å²) >= 11 is 0. The highest BCUT2D eigenvalue weighted by molar-refractivity contribution is 5.78. The summed E-state index contributed by atoms with van der Waals surface area (Å²) in [6, 6.07) is 0. The van der Waals surface area contributed by atoms with Crippen LogP contribution in [0.5, 0.6) is 0 Å². The zero-order valence-electron chi connectivity index (χ0n) is 11.4. The van der Waals surface area contributed by atoms with Crippen molar-refractivity contribution in [1.82, 2.24) is 10.6 Å². The van der Waals surface area contributed by atoms with Gasteiger partial charge in [0.05, 0.1) is 6.10 Å². The molecule has 4 heteroatoms. The average Bonchev–Trinajstić information content (AvgIpc) is 2.16. The Morgan fingerprint density at radius 2 is 1.88 bits per heavy atom. The van der Waals surface area contributed by atoms with Gasteiger partial charge >= 0.3 is 0 Å². The van der Waals surface area contributed by atoms with Crippen molar-refractivity contribution >= 4 is 5.91 Å². The molecule has 0 aromatic heterocycles. The van der Waals surface area contributed by atoms with Crippen LogP contribution in [-0.4, -0.2) is 39.3 Å². The van der Waals surface area contributed by atoms with Gasteiger partial charge in [-0.05, 0) is 12.5 Å². The molecule has 0 saturated heterocycles. The van der Waals surface area contributed by atoms with Gasteiger partial charge in [0.2, 0.25) is 5.91 Å². The average molecular weight is 230 g/mol. The number of hydrogen-bond acceptors (Lipinski definition) is 3. The van der Waals surface area contributed by atoms with Crippen molar-refractivity contribution in [3.05, 3.63) is 0 Å². The highest BCUT2D eigenvalue weighted by atomic mass is 16.5. The van der Waals surface area contributed by atoms with E-state index in [1.165, 1.54) is 0 Å². The fourth-order valence-electron chi connectivity index (χ4n) is 1.51. The van der Waals surface area contributed by atoms with Gasteiger partial charge in [-0.3, -0.25) is 4.79 Å². The molecule has 1 amide bonds. The quantitative estimate of drug-likeness (QED) is 0.716. The van der Waals surface area contributed by atoms with Gasteiger partial charge in [-0.15, -0.1) is 0 Å². The maximum absolute atomic E-state index is 11.7. The minimum Gasteiger partial charge on any atom is -0.379 e. The number of carbonyl (C=O) groups is 1. The lowest BCUT2D eigenvalue weighted by molar-refractivity contribution is -0.125. The maximum Gasteiger partial charge on any atom is 0.224 e. The zero-order valence-corrected chi connectivity index (χ0v) is 11.4. The molecule has 2 atom stereocenters. The molecular formula is C12H26N2O2. The molecule has 0 radical (unpaired) electrons. The molecule has 0 aliphatic carbocycles. The van der Waals surface area contributed by atoms with Crippen LogP contribution in [0.15, 0.2) is 0 Å². The van der Waals surface area contributed by atoms with Crippen LogP contribution in [0.4, 0.5) is 0 Å². The number of amides is 1. The van der Waals surface area contributed by atoms with E-state index in [1.807, 2.05) is 14.0 Å². The highest BCUT2D eigenvalue weighted by Gasteiger charge is 2.25. The van der Waals surface area contributed by atoms with Gasteiger partial charge in [-0.2, -0.15) is 0 Å². The third kappa shape index (κ3) is 5.47. The first-order valence-electron chi connectivity index (χ1n) is 5.78. The van der Waals surface area contributed by atoms with Crippen molar-refractivity contribution in [3.63, 3.8) is 0 Å². The fourth-order valence-corrected chi connectivity index (χ4v) is 1.51. The molecule has 0 bridgehead atoms. The topological polar surface area (TPSA) is 50.4 Å². The van der Waals surface area contributed by atoms with Gasteiger partial charge in [-0.1, -0.05) is 27.7 Å². The van der Waals surface area contributed by atoms with Crippen LogP contribution >= 0.6 is 0 Å². The summed E-state index contributed by atoms with van der Waals surface area (Å²) in [5.74, 6) is 0.0584. The van der Waals surface area contributed by atoms with E-state index in [1.54, 1.807) is 7.11 Å². The standard InChI is InChI=1S/C12H26N2O2/c1-9(7-13-5)11(15)14-8-10(16-6)12(2,3)4/h9-10,13H,7-8H2,1-6H3,(H,14,15). The van der Waals surface area contributed by atoms with Gasteiger partial charge in [0, 0.05) is 26.1 Å². The van der Waals surface area contributed by atoms with E-state index >= 15 is 0 Å². The van der Waals surface area contributed by atoms with Crippen LogP contribution in [0.3, 0.4) is 0 Å². The van der Waals surface area contributed by atoms with Crippen LogP contribution in [-0.2, 0) is 9.53 Å².